The van der Waals surface area contributed by atoms with E-state index in [0.29, 0.717) is 17.6 Å². The molecule has 0 saturated carbocycles. The van der Waals surface area contributed by atoms with Gasteiger partial charge in [0.15, 0.2) is 11.5 Å². The maximum atomic E-state index is 11.7. The number of para-hydroxylation sites is 2. The lowest BCUT2D eigenvalue weighted by Crippen LogP contribution is -2.34. The Bertz CT molecular complexity index is 440. The first-order valence-electron chi connectivity index (χ1n) is 8.05. The standard InChI is InChI=1S/C11H23NOS.C7H8O2/c1-6-14-11(13)12(7-9(2)3)8-10(4)5;1-9-7-5-3-2-4-6(7)8/h9-10H,6-8H2,1-5H3;2-5,8H,1H3. The highest BCUT2D eigenvalue weighted by molar-refractivity contribution is 8.13. The second-order valence-corrected chi connectivity index (χ2v) is 7.28. The van der Waals surface area contributed by atoms with Gasteiger partial charge in [0.25, 0.3) is 5.24 Å². The second kappa shape index (κ2) is 12.1. The maximum absolute atomic E-state index is 11.7. The van der Waals surface area contributed by atoms with E-state index in [1.807, 2.05) is 11.8 Å². The number of methoxy groups -OCH3 is 1. The number of carbonyl (C=O) groups is 1. The molecule has 0 bridgehead atoms. The van der Waals surface area contributed by atoms with Crippen molar-refractivity contribution in [2.45, 2.75) is 34.6 Å². The quantitative estimate of drug-likeness (QED) is 0.801. The van der Waals surface area contributed by atoms with Crippen LogP contribution >= 0.6 is 11.8 Å². The number of hydrogen-bond acceptors (Lipinski definition) is 4. The normalized spacial score (nSPS) is 10.3. The van der Waals surface area contributed by atoms with Gasteiger partial charge in [0.05, 0.1) is 7.11 Å². The van der Waals surface area contributed by atoms with Crippen LogP contribution in [0.2, 0.25) is 0 Å². The van der Waals surface area contributed by atoms with Crippen LogP contribution in [0.1, 0.15) is 34.6 Å². The average Bonchev–Trinajstić information content (AvgIpc) is 2.47. The lowest BCUT2D eigenvalue weighted by molar-refractivity contribution is 0.208. The number of nitrogens with zero attached hydrogens (tertiary/aromatic N) is 1. The number of carbonyl (C=O) groups excluding carboxylic acids is 1. The van der Waals surface area contributed by atoms with Gasteiger partial charge >= 0.3 is 0 Å². The zero-order chi connectivity index (χ0) is 17.8. The van der Waals surface area contributed by atoms with Gasteiger partial charge in [0.2, 0.25) is 0 Å². The Morgan fingerprint density at radius 1 is 1.17 bits per heavy atom. The average molecular weight is 342 g/mol. The number of thioether (sulfide) groups is 1. The third-order valence-electron chi connectivity index (χ3n) is 2.78. The summed E-state index contributed by atoms with van der Waals surface area (Å²) in [5.74, 6) is 2.66. The lowest BCUT2D eigenvalue weighted by Gasteiger charge is -2.25. The van der Waals surface area contributed by atoms with Crippen molar-refractivity contribution in [1.29, 1.82) is 0 Å². The minimum atomic E-state index is 0.181. The van der Waals surface area contributed by atoms with Crippen LogP contribution in [-0.2, 0) is 0 Å². The van der Waals surface area contributed by atoms with Crippen LogP contribution in [0.3, 0.4) is 0 Å². The van der Waals surface area contributed by atoms with E-state index in [1.54, 1.807) is 24.3 Å². The number of benzene rings is 1. The molecule has 1 aromatic carbocycles. The van der Waals surface area contributed by atoms with Crippen LogP contribution in [0, 0.1) is 11.8 Å². The zero-order valence-corrected chi connectivity index (χ0v) is 16.0. The number of phenols is 1. The molecule has 23 heavy (non-hydrogen) atoms. The topological polar surface area (TPSA) is 49.8 Å². The maximum Gasteiger partial charge on any atom is 0.281 e. The fourth-order valence-electron chi connectivity index (χ4n) is 1.95. The molecule has 0 aliphatic carbocycles. The van der Waals surface area contributed by atoms with Gasteiger partial charge in [-0.1, -0.05) is 58.5 Å². The van der Waals surface area contributed by atoms with Crippen LogP contribution < -0.4 is 4.74 Å². The van der Waals surface area contributed by atoms with Crippen LogP contribution in [-0.4, -0.2) is 41.2 Å². The summed E-state index contributed by atoms with van der Waals surface area (Å²) in [5, 5.41) is 9.22. The molecule has 0 heterocycles. The monoisotopic (exact) mass is 341 g/mol. The predicted molar refractivity (Wildman–Crippen MR) is 99.4 cm³/mol. The Kier molecular flexibility index (Phi) is 11.4. The fraction of sp³-hybridized carbons (Fsp3) is 0.611. The predicted octanol–water partition coefficient (Wildman–Crippen LogP) is 4.87. The van der Waals surface area contributed by atoms with Gasteiger partial charge in [-0.25, -0.2) is 0 Å². The van der Waals surface area contributed by atoms with Crippen LogP contribution in [0.4, 0.5) is 4.79 Å². The summed E-state index contributed by atoms with van der Waals surface area (Å²) in [6.07, 6.45) is 0. The summed E-state index contributed by atoms with van der Waals surface area (Å²) in [5.41, 5.74) is 0. The van der Waals surface area contributed by atoms with Gasteiger partial charge in [0.1, 0.15) is 0 Å². The molecule has 0 aliphatic rings. The minimum Gasteiger partial charge on any atom is -0.504 e. The SMILES string of the molecule is CCSC(=O)N(CC(C)C)CC(C)C.COc1ccccc1O. The molecule has 0 spiro atoms. The highest BCUT2D eigenvalue weighted by Crippen LogP contribution is 2.23. The molecule has 0 fully saturated rings. The second-order valence-electron chi connectivity index (χ2n) is 6.06. The Labute approximate surface area is 145 Å². The van der Waals surface area contributed by atoms with Gasteiger partial charge in [-0.2, -0.15) is 0 Å². The number of ether oxygens (including phenoxy) is 1. The van der Waals surface area contributed by atoms with Gasteiger partial charge < -0.3 is 14.7 Å². The Morgan fingerprint density at radius 3 is 2.04 bits per heavy atom. The van der Waals surface area contributed by atoms with E-state index in [4.69, 9.17) is 9.84 Å². The first-order valence-corrected chi connectivity index (χ1v) is 9.03. The zero-order valence-electron chi connectivity index (χ0n) is 15.2. The molecule has 0 aliphatic heterocycles. The van der Waals surface area contributed by atoms with Crippen molar-refractivity contribution in [2.75, 3.05) is 26.0 Å². The number of rotatable bonds is 6. The number of phenolic OH excluding ortho intramolecular Hbond substituents is 1. The minimum absolute atomic E-state index is 0.181. The van der Waals surface area contributed by atoms with Gasteiger partial charge in [-0.15, -0.1) is 0 Å². The molecule has 1 N–H and O–H groups in total. The summed E-state index contributed by atoms with van der Waals surface area (Å²) in [7, 11) is 1.52. The fourth-order valence-corrected chi connectivity index (χ4v) is 2.53. The largest absolute Gasteiger partial charge is 0.504 e. The number of aromatic hydroxyl groups is 1. The van der Waals surface area contributed by atoms with Crippen molar-refractivity contribution in [3.63, 3.8) is 0 Å². The van der Waals surface area contributed by atoms with Crippen molar-refractivity contribution in [1.82, 2.24) is 4.90 Å². The highest BCUT2D eigenvalue weighted by Gasteiger charge is 2.15. The summed E-state index contributed by atoms with van der Waals surface area (Å²) in [4.78, 5) is 13.7. The summed E-state index contributed by atoms with van der Waals surface area (Å²) < 4.78 is 4.79. The molecule has 0 saturated heterocycles. The lowest BCUT2D eigenvalue weighted by atomic mass is 10.1. The molecule has 1 aromatic rings. The van der Waals surface area contributed by atoms with Crippen LogP contribution in [0.15, 0.2) is 24.3 Å². The van der Waals surface area contributed by atoms with Crippen molar-refractivity contribution < 1.29 is 14.6 Å². The molecular formula is C18H31NO3S. The van der Waals surface area contributed by atoms with Crippen molar-refractivity contribution in [2.24, 2.45) is 11.8 Å². The van der Waals surface area contributed by atoms with Gasteiger partial charge in [-0.05, 0) is 29.7 Å². The molecular weight excluding hydrogens is 310 g/mol. The van der Waals surface area contributed by atoms with E-state index >= 15 is 0 Å². The smallest absolute Gasteiger partial charge is 0.281 e. The first-order chi connectivity index (χ1) is 10.8. The van der Waals surface area contributed by atoms with E-state index in [-0.39, 0.29) is 11.0 Å². The van der Waals surface area contributed by atoms with Crippen LogP contribution in [0.5, 0.6) is 11.5 Å². The Balaban J connectivity index is 0.000000459. The molecule has 0 radical (unpaired) electrons. The van der Waals surface area contributed by atoms with E-state index in [9.17, 15) is 4.79 Å². The third-order valence-corrected chi connectivity index (χ3v) is 3.58. The van der Waals surface area contributed by atoms with E-state index < -0.39 is 0 Å². The molecule has 5 heteroatoms. The van der Waals surface area contributed by atoms with Crippen molar-refractivity contribution in [3.8, 4) is 11.5 Å². The van der Waals surface area contributed by atoms with Gasteiger partial charge in [-0.3, -0.25) is 4.79 Å². The molecule has 1 rings (SSSR count). The molecule has 132 valence electrons. The number of amides is 1. The summed E-state index contributed by atoms with van der Waals surface area (Å²) in [6, 6.07) is 6.84. The van der Waals surface area contributed by atoms with Gasteiger partial charge in [0, 0.05) is 13.1 Å². The first kappa shape index (κ1) is 21.6. The van der Waals surface area contributed by atoms with Crippen LogP contribution in [0.25, 0.3) is 0 Å². The third kappa shape index (κ3) is 10.1. The van der Waals surface area contributed by atoms with E-state index in [2.05, 4.69) is 27.7 Å². The molecule has 4 nitrogen and oxygen atoms in total. The summed E-state index contributed by atoms with van der Waals surface area (Å²) >= 11 is 1.41. The Hall–Kier alpha value is -1.36. The van der Waals surface area contributed by atoms with Crippen molar-refractivity contribution in [3.05, 3.63) is 24.3 Å². The Morgan fingerprint density at radius 2 is 1.70 bits per heavy atom. The van der Waals surface area contributed by atoms with E-state index in [1.165, 1.54) is 18.9 Å². The molecule has 1 amide bonds. The van der Waals surface area contributed by atoms with E-state index in [0.717, 1.165) is 18.8 Å². The highest BCUT2D eigenvalue weighted by atomic mass is 32.2. The molecule has 0 atom stereocenters. The van der Waals surface area contributed by atoms with Crippen molar-refractivity contribution >= 4 is 17.0 Å². The molecule has 0 unspecified atom stereocenters. The summed E-state index contributed by atoms with van der Waals surface area (Å²) in [6.45, 7) is 12.4. The molecule has 0 aromatic heterocycles. The number of hydrogen-bond donors (Lipinski definition) is 1.